The second-order valence-electron chi connectivity index (χ2n) is 7.33. The number of aromatic hydroxyl groups is 1. The molecule has 7 heteroatoms. The van der Waals surface area contributed by atoms with Crippen molar-refractivity contribution in [3.05, 3.63) is 71.8 Å². The van der Waals surface area contributed by atoms with Gasteiger partial charge < -0.3 is 14.8 Å². The summed E-state index contributed by atoms with van der Waals surface area (Å²) in [6, 6.07) is 16.8. The Labute approximate surface area is 188 Å². The van der Waals surface area contributed by atoms with E-state index in [1.54, 1.807) is 26.1 Å². The highest BCUT2D eigenvalue weighted by Gasteiger charge is 2.33. The zero-order valence-corrected chi connectivity index (χ0v) is 18.2. The lowest BCUT2D eigenvalue weighted by molar-refractivity contribution is -0.137. The van der Waals surface area contributed by atoms with Crippen LogP contribution in [-0.4, -0.2) is 17.0 Å². The molecule has 0 amide bonds. The second kappa shape index (κ2) is 8.31. The van der Waals surface area contributed by atoms with Crippen LogP contribution >= 0.6 is 12.2 Å². The molecule has 0 atom stereocenters. The zero-order valence-electron chi connectivity index (χ0n) is 17.4. The van der Waals surface area contributed by atoms with Crippen molar-refractivity contribution in [2.24, 2.45) is 0 Å². The van der Waals surface area contributed by atoms with Gasteiger partial charge >= 0.3 is 6.18 Å². The van der Waals surface area contributed by atoms with E-state index in [2.05, 4.69) is 5.32 Å². The van der Waals surface area contributed by atoms with Gasteiger partial charge in [0.1, 0.15) is 0 Å². The average molecular weight is 456 g/mol. The normalized spacial score (nSPS) is 11.7. The molecule has 3 nitrogen and oxygen atoms in total. The smallest absolute Gasteiger partial charge is 0.416 e. The van der Waals surface area contributed by atoms with Crippen molar-refractivity contribution in [3.8, 4) is 28.2 Å². The number of hydrogen-bond acceptors (Lipinski definition) is 4. The van der Waals surface area contributed by atoms with Gasteiger partial charge in [-0.25, -0.2) is 0 Å². The summed E-state index contributed by atoms with van der Waals surface area (Å²) in [6.07, 6.45) is -4.14. The van der Waals surface area contributed by atoms with Crippen molar-refractivity contribution in [2.75, 3.05) is 12.4 Å². The molecule has 0 radical (unpaired) electrons. The second-order valence-corrected chi connectivity index (χ2v) is 7.83. The van der Waals surface area contributed by atoms with Gasteiger partial charge in [0.25, 0.3) is 0 Å². The molecule has 32 heavy (non-hydrogen) atoms. The highest BCUT2D eigenvalue weighted by atomic mass is 32.1. The Morgan fingerprint density at radius 1 is 1.06 bits per heavy atom. The van der Waals surface area contributed by atoms with Crippen molar-refractivity contribution < 1.29 is 22.7 Å². The fraction of sp³-hybridized carbons (Fsp3) is 0.160. The quantitative estimate of drug-likeness (QED) is 0.240. The fourth-order valence-electron chi connectivity index (χ4n) is 3.77. The molecule has 0 bridgehead atoms. The number of nitrogens with one attached hydrogen (secondary N) is 1. The Bertz CT molecular complexity index is 1320. The number of alkyl halides is 3. The van der Waals surface area contributed by atoms with E-state index in [1.807, 2.05) is 36.4 Å². The van der Waals surface area contributed by atoms with Crippen molar-refractivity contribution in [1.29, 1.82) is 0 Å². The minimum atomic E-state index is -4.56. The third kappa shape index (κ3) is 3.84. The van der Waals surface area contributed by atoms with Gasteiger partial charge in [0, 0.05) is 17.5 Å². The first-order valence-corrected chi connectivity index (χ1v) is 10.4. The highest BCUT2D eigenvalue weighted by Crippen LogP contribution is 2.48. The van der Waals surface area contributed by atoms with Crippen LogP contribution < -0.4 is 5.32 Å². The molecule has 0 aliphatic rings. The molecule has 0 aliphatic heterocycles. The number of furan rings is 1. The summed E-state index contributed by atoms with van der Waals surface area (Å²) in [4.78, 5) is 0.403. The third-order valence-corrected chi connectivity index (χ3v) is 5.86. The number of hydrogen-bond donors (Lipinski definition) is 2. The minimum Gasteiger partial charge on any atom is -0.504 e. The molecule has 1 aromatic heterocycles. The maximum atomic E-state index is 13.6. The van der Waals surface area contributed by atoms with Crippen molar-refractivity contribution in [1.82, 2.24) is 0 Å². The molecule has 164 valence electrons. The summed E-state index contributed by atoms with van der Waals surface area (Å²) >= 11 is 5.27. The van der Waals surface area contributed by atoms with Crippen LogP contribution in [0.3, 0.4) is 0 Å². The Morgan fingerprint density at radius 2 is 1.78 bits per heavy atom. The summed E-state index contributed by atoms with van der Waals surface area (Å²) in [5.74, 6) is 0.106. The number of anilines is 1. The summed E-state index contributed by atoms with van der Waals surface area (Å²) in [6.45, 7) is 1.79. The molecule has 4 rings (SSSR count). The van der Waals surface area contributed by atoms with Gasteiger partial charge in [-0.05, 0) is 46.5 Å². The number of rotatable bonds is 5. The lowest BCUT2D eigenvalue weighted by Gasteiger charge is -2.13. The third-order valence-electron chi connectivity index (χ3n) is 5.34. The zero-order chi connectivity index (χ0) is 23.0. The minimum absolute atomic E-state index is 0.154. The lowest BCUT2D eigenvalue weighted by Crippen LogP contribution is -2.08. The Kier molecular flexibility index (Phi) is 5.69. The number of halogens is 3. The van der Waals surface area contributed by atoms with Gasteiger partial charge in [-0.1, -0.05) is 61.6 Å². The molecule has 0 aliphatic carbocycles. The number of thiocarbonyl (C=S) groups is 1. The van der Waals surface area contributed by atoms with E-state index in [9.17, 15) is 18.3 Å². The van der Waals surface area contributed by atoms with E-state index >= 15 is 0 Å². The van der Waals surface area contributed by atoms with Crippen LogP contribution in [0.25, 0.3) is 33.2 Å². The average Bonchev–Trinajstić information content (AvgIpc) is 3.13. The van der Waals surface area contributed by atoms with Crippen LogP contribution in [-0.2, 0) is 6.18 Å². The van der Waals surface area contributed by atoms with E-state index in [0.29, 0.717) is 22.4 Å². The fourth-order valence-corrected chi connectivity index (χ4v) is 3.89. The van der Waals surface area contributed by atoms with Crippen LogP contribution in [0.2, 0.25) is 0 Å². The predicted octanol–water partition coefficient (Wildman–Crippen LogP) is 7.66. The molecule has 3 aromatic carbocycles. The van der Waals surface area contributed by atoms with E-state index in [-0.39, 0.29) is 28.5 Å². The van der Waals surface area contributed by atoms with Crippen molar-refractivity contribution in [3.63, 3.8) is 0 Å². The van der Waals surface area contributed by atoms with E-state index in [1.165, 1.54) is 0 Å². The van der Waals surface area contributed by atoms with Gasteiger partial charge in [-0.3, -0.25) is 0 Å². The first kappa shape index (κ1) is 21.9. The first-order valence-electron chi connectivity index (χ1n) is 10.0. The summed E-state index contributed by atoms with van der Waals surface area (Å²) in [7, 11) is 1.58. The molecule has 2 N–H and O–H groups in total. The summed E-state index contributed by atoms with van der Waals surface area (Å²) in [5, 5.41) is 15.8. The molecule has 4 aromatic rings. The molecule has 0 unspecified atom stereocenters. The highest BCUT2D eigenvalue weighted by molar-refractivity contribution is 7.80. The first-order chi connectivity index (χ1) is 15.2. The summed E-state index contributed by atoms with van der Waals surface area (Å²) in [5.41, 5.74) is 0.417. The molecular formula is C25H20F3NO2S. The van der Waals surface area contributed by atoms with E-state index < -0.39 is 11.7 Å². The Hall–Kier alpha value is -3.32. The van der Waals surface area contributed by atoms with Gasteiger partial charge in [-0.15, -0.1) is 0 Å². The number of benzene rings is 3. The van der Waals surface area contributed by atoms with Crippen LogP contribution in [0.4, 0.5) is 19.1 Å². The number of fused-ring (bicyclic) bond motifs is 1. The topological polar surface area (TPSA) is 45.4 Å². The molecule has 1 heterocycles. The van der Waals surface area contributed by atoms with Crippen molar-refractivity contribution >= 4 is 33.7 Å². The van der Waals surface area contributed by atoms with E-state index in [4.69, 9.17) is 16.6 Å². The van der Waals surface area contributed by atoms with Gasteiger partial charge in [0.15, 0.2) is 11.5 Å². The van der Waals surface area contributed by atoms with E-state index in [0.717, 1.165) is 22.9 Å². The van der Waals surface area contributed by atoms with Crippen LogP contribution in [0.15, 0.2) is 65.1 Å². The monoisotopic (exact) mass is 455 g/mol. The standard InChI is InChI=1S/C25H20F3NO2S/c1-3-20(32)15-11-16(13-17(12-15)25(26,27)28)21-22(30)23(31-24(21)29-2)19-10-6-8-14-7-4-5-9-18(14)19/h4-13,29-30H,3H2,1-2H3. The Morgan fingerprint density at radius 3 is 2.47 bits per heavy atom. The lowest BCUT2D eigenvalue weighted by atomic mass is 9.96. The van der Waals surface area contributed by atoms with Crippen LogP contribution in [0.1, 0.15) is 24.5 Å². The molecule has 0 saturated carbocycles. The molecule has 0 spiro atoms. The molecule has 0 saturated heterocycles. The maximum Gasteiger partial charge on any atom is 0.416 e. The predicted molar refractivity (Wildman–Crippen MR) is 125 cm³/mol. The van der Waals surface area contributed by atoms with Crippen molar-refractivity contribution in [2.45, 2.75) is 19.5 Å². The van der Waals surface area contributed by atoms with Crippen LogP contribution in [0, 0.1) is 0 Å². The summed E-state index contributed by atoms with van der Waals surface area (Å²) < 4.78 is 46.8. The van der Waals surface area contributed by atoms with Crippen LogP contribution in [0.5, 0.6) is 5.75 Å². The Balaban J connectivity index is 1.98. The largest absolute Gasteiger partial charge is 0.504 e. The van der Waals surface area contributed by atoms with Gasteiger partial charge in [0.05, 0.1) is 11.1 Å². The van der Waals surface area contributed by atoms with Gasteiger partial charge in [-0.2, -0.15) is 13.2 Å². The molecular weight excluding hydrogens is 435 g/mol. The molecule has 0 fully saturated rings. The SMILES string of the molecule is CCC(=S)c1cc(-c2c(NC)oc(-c3cccc4ccccc34)c2O)cc(C(F)(F)F)c1. The van der Waals surface area contributed by atoms with Gasteiger partial charge in [0.2, 0.25) is 5.88 Å². The maximum absolute atomic E-state index is 13.6.